The van der Waals surface area contributed by atoms with Crippen LogP contribution < -0.4 is 0 Å². The largest absolute Gasteiger partial charge is 0.417 e. The Bertz CT molecular complexity index is 882. The van der Waals surface area contributed by atoms with Gasteiger partial charge in [0.05, 0.1) is 16.1 Å². The van der Waals surface area contributed by atoms with Crippen molar-refractivity contribution in [3.63, 3.8) is 0 Å². The summed E-state index contributed by atoms with van der Waals surface area (Å²) in [6.45, 7) is 4.24. The monoisotopic (exact) mass is 352 g/mol. The average Bonchev–Trinajstić information content (AvgIpc) is 2.84. The molecule has 24 heavy (non-hydrogen) atoms. The van der Waals surface area contributed by atoms with E-state index in [4.69, 9.17) is 11.6 Å². The Kier molecular flexibility index (Phi) is 4.30. The maximum atomic E-state index is 12.8. The lowest BCUT2D eigenvalue weighted by atomic mass is 10.0. The third-order valence-corrected chi connectivity index (χ3v) is 4.08. The first-order valence-corrected chi connectivity index (χ1v) is 7.97. The van der Waals surface area contributed by atoms with E-state index in [0.717, 1.165) is 35.2 Å². The van der Waals surface area contributed by atoms with Gasteiger partial charge in [0.1, 0.15) is 0 Å². The predicted molar refractivity (Wildman–Crippen MR) is 89.6 cm³/mol. The summed E-state index contributed by atoms with van der Waals surface area (Å²) >= 11 is 6.10. The molecule has 0 spiro atoms. The third-order valence-electron chi connectivity index (χ3n) is 3.80. The van der Waals surface area contributed by atoms with Gasteiger partial charge in [0, 0.05) is 17.8 Å². The molecule has 0 unspecified atom stereocenters. The molecule has 0 saturated heterocycles. The normalized spacial score (nSPS) is 12.3. The zero-order valence-corrected chi connectivity index (χ0v) is 14.0. The number of para-hydroxylation sites is 1. The molecule has 3 aromatic rings. The van der Waals surface area contributed by atoms with Crippen LogP contribution >= 0.6 is 11.6 Å². The molecule has 2 nitrogen and oxygen atoms in total. The second-order valence-corrected chi connectivity index (χ2v) is 6.57. The van der Waals surface area contributed by atoms with Crippen LogP contribution in [0.3, 0.4) is 0 Å². The molecule has 0 amide bonds. The van der Waals surface area contributed by atoms with Crippen molar-refractivity contribution in [1.29, 1.82) is 0 Å². The fraction of sp³-hybridized carbons (Fsp3) is 0.278. The van der Waals surface area contributed by atoms with Crippen molar-refractivity contribution in [2.24, 2.45) is 5.92 Å². The Balaban J connectivity index is 2.16. The van der Waals surface area contributed by atoms with Crippen LogP contribution in [-0.2, 0) is 12.6 Å². The van der Waals surface area contributed by atoms with Gasteiger partial charge in [0.2, 0.25) is 0 Å². The summed E-state index contributed by atoms with van der Waals surface area (Å²) in [6, 6.07) is 8.66. The van der Waals surface area contributed by atoms with Crippen molar-refractivity contribution in [3.05, 3.63) is 58.9 Å². The number of fused-ring (bicyclic) bond motifs is 1. The highest BCUT2D eigenvalue weighted by molar-refractivity contribution is 6.32. The number of halogens is 4. The highest BCUT2D eigenvalue weighted by Crippen LogP contribution is 2.34. The Morgan fingerprint density at radius 3 is 2.54 bits per heavy atom. The number of rotatable bonds is 3. The molecule has 0 N–H and O–H groups in total. The van der Waals surface area contributed by atoms with Gasteiger partial charge in [-0.2, -0.15) is 13.2 Å². The Hall–Kier alpha value is -2.01. The lowest BCUT2D eigenvalue weighted by Crippen LogP contribution is -2.07. The highest BCUT2D eigenvalue weighted by Gasteiger charge is 2.31. The van der Waals surface area contributed by atoms with Gasteiger partial charge in [-0.3, -0.25) is 4.57 Å². The van der Waals surface area contributed by atoms with Crippen molar-refractivity contribution >= 4 is 22.5 Å². The molecule has 126 valence electrons. The summed E-state index contributed by atoms with van der Waals surface area (Å²) in [5.74, 6) is 0.760. The minimum atomic E-state index is -4.46. The lowest BCUT2D eigenvalue weighted by Gasteiger charge is -2.10. The number of pyridine rings is 1. The minimum Gasteiger partial charge on any atom is -0.300 e. The third kappa shape index (κ3) is 3.13. The molecule has 0 aliphatic rings. The molecule has 2 heterocycles. The first-order valence-electron chi connectivity index (χ1n) is 7.59. The van der Waals surface area contributed by atoms with Gasteiger partial charge >= 0.3 is 6.18 Å². The van der Waals surface area contributed by atoms with Crippen molar-refractivity contribution in [3.8, 4) is 5.82 Å². The van der Waals surface area contributed by atoms with Crippen LogP contribution in [-0.4, -0.2) is 9.55 Å². The van der Waals surface area contributed by atoms with Crippen LogP contribution in [0.15, 0.2) is 42.7 Å². The van der Waals surface area contributed by atoms with Crippen molar-refractivity contribution < 1.29 is 13.2 Å². The molecule has 0 saturated carbocycles. The summed E-state index contributed by atoms with van der Waals surface area (Å²) in [5, 5.41) is 1.03. The first kappa shape index (κ1) is 16.8. The summed E-state index contributed by atoms with van der Waals surface area (Å²) in [7, 11) is 0. The lowest BCUT2D eigenvalue weighted by molar-refractivity contribution is -0.137. The average molecular weight is 353 g/mol. The van der Waals surface area contributed by atoms with Crippen molar-refractivity contribution in [2.75, 3.05) is 0 Å². The van der Waals surface area contributed by atoms with E-state index < -0.39 is 11.7 Å². The SMILES string of the molecule is CC(C)Cc1cn(-c2ncc(C(F)(F)F)cc2Cl)c2ccccc12. The first-order chi connectivity index (χ1) is 11.3. The molecule has 0 aliphatic carbocycles. The van der Waals surface area contributed by atoms with Gasteiger partial charge in [-0.1, -0.05) is 43.6 Å². The van der Waals surface area contributed by atoms with Crippen LogP contribution in [0.1, 0.15) is 25.0 Å². The summed E-state index contributed by atoms with van der Waals surface area (Å²) in [6.07, 6.45) is -0.868. The summed E-state index contributed by atoms with van der Waals surface area (Å²) in [5.41, 5.74) is 1.15. The van der Waals surface area contributed by atoms with E-state index in [1.165, 1.54) is 0 Å². The standard InChI is InChI=1S/C18H16ClF3N2/c1-11(2)7-12-10-24(16-6-4-3-5-14(12)16)17-15(19)8-13(9-23-17)18(20,21)22/h3-6,8-11H,7H2,1-2H3. The topological polar surface area (TPSA) is 17.8 Å². The quantitative estimate of drug-likeness (QED) is 0.574. The van der Waals surface area contributed by atoms with Crippen molar-refractivity contribution in [2.45, 2.75) is 26.4 Å². The van der Waals surface area contributed by atoms with Crippen LogP contribution in [0.25, 0.3) is 16.7 Å². The van der Waals surface area contributed by atoms with E-state index in [1.54, 1.807) is 4.57 Å². The van der Waals surface area contributed by atoms with Gasteiger partial charge in [-0.15, -0.1) is 0 Å². The molecule has 0 atom stereocenters. The molecule has 2 aromatic heterocycles. The van der Waals surface area contributed by atoms with Crippen LogP contribution in [0.2, 0.25) is 5.02 Å². The number of hydrogen-bond donors (Lipinski definition) is 0. The Morgan fingerprint density at radius 2 is 1.92 bits per heavy atom. The second kappa shape index (κ2) is 6.13. The maximum Gasteiger partial charge on any atom is 0.417 e. The van der Waals surface area contributed by atoms with Crippen LogP contribution in [0.5, 0.6) is 0 Å². The molecule has 3 rings (SSSR count). The molecular formula is C18H16ClF3N2. The van der Waals surface area contributed by atoms with E-state index in [1.807, 2.05) is 30.5 Å². The fourth-order valence-electron chi connectivity index (χ4n) is 2.79. The van der Waals surface area contributed by atoms with Gasteiger partial charge in [0.25, 0.3) is 0 Å². The number of nitrogens with zero attached hydrogens (tertiary/aromatic N) is 2. The number of alkyl halides is 3. The summed E-state index contributed by atoms with van der Waals surface area (Å²) < 4.78 is 40.2. The molecule has 6 heteroatoms. The van der Waals surface area contributed by atoms with Crippen LogP contribution in [0, 0.1) is 5.92 Å². The zero-order chi connectivity index (χ0) is 17.5. The summed E-state index contributed by atoms with van der Waals surface area (Å²) in [4.78, 5) is 3.97. The second-order valence-electron chi connectivity index (χ2n) is 6.17. The molecule has 0 fully saturated rings. The number of aromatic nitrogens is 2. The fourth-order valence-corrected chi connectivity index (χ4v) is 3.05. The minimum absolute atomic E-state index is 0.0262. The van der Waals surface area contributed by atoms with E-state index in [0.29, 0.717) is 11.7 Å². The van der Waals surface area contributed by atoms with Crippen LogP contribution in [0.4, 0.5) is 13.2 Å². The van der Waals surface area contributed by atoms with Crippen molar-refractivity contribution in [1.82, 2.24) is 9.55 Å². The van der Waals surface area contributed by atoms with Gasteiger partial charge in [-0.25, -0.2) is 4.98 Å². The Morgan fingerprint density at radius 1 is 1.21 bits per heavy atom. The molecule has 1 aromatic carbocycles. The number of hydrogen-bond acceptors (Lipinski definition) is 1. The Labute approximate surface area is 142 Å². The molecular weight excluding hydrogens is 337 g/mol. The van der Waals surface area contributed by atoms with Gasteiger partial charge in [0.15, 0.2) is 5.82 Å². The van der Waals surface area contributed by atoms with E-state index in [9.17, 15) is 13.2 Å². The van der Waals surface area contributed by atoms with Gasteiger partial charge in [-0.05, 0) is 30.0 Å². The maximum absolute atomic E-state index is 12.8. The van der Waals surface area contributed by atoms with E-state index >= 15 is 0 Å². The predicted octanol–water partition coefficient (Wildman–Crippen LogP) is 5.90. The van der Waals surface area contributed by atoms with E-state index in [2.05, 4.69) is 18.8 Å². The molecule has 0 bridgehead atoms. The van der Waals surface area contributed by atoms with E-state index in [-0.39, 0.29) is 5.02 Å². The zero-order valence-electron chi connectivity index (χ0n) is 13.2. The molecule has 0 radical (unpaired) electrons. The highest BCUT2D eigenvalue weighted by atomic mass is 35.5. The van der Waals surface area contributed by atoms with Gasteiger partial charge < -0.3 is 0 Å². The molecule has 0 aliphatic heterocycles. The number of benzene rings is 1. The smallest absolute Gasteiger partial charge is 0.300 e.